The smallest absolute Gasteiger partial charge is 0.227 e. The monoisotopic (exact) mass is 474 g/mol. The molecule has 2 aliphatic heterocycles. The Morgan fingerprint density at radius 1 is 1.20 bits per heavy atom. The molecule has 3 aromatic heterocycles. The molecule has 0 aromatic carbocycles. The molecular weight excluding hydrogens is 447 g/mol. The number of halogens is 1. The van der Waals surface area contributed by atoms with Crippen LogP contribution in [0.15, 0.2) is 42.9 Å². The zero-order chi connectivity index (χ0) is 24.2. The zero-order valence-electron chi connectivity index (χ0n) is 19.6. The Balaban J connectivity index is 1.32. The van der Waals surface area contributed by atoms with Crippen LogP contribution in [-0.2, 0) is 11.3 Å². The summed E-state index contributed by atoms with van der Waals surface area (Å²) in [5.74, 6) is 0.949. The molecular formula is C25H27FN8O. The maximum absolute atomic E-state index is 13.6. The quantitative estimate of drug-likeness (QED) is 0.576. The first-order chi connectivity index (χ1) is 17.1. The number of nitriles is 1. The van der Waals surface area contributed by atoms with Crippen LogP contribution in [0.25, 0.3) is 11.3 Å². The number of nitrogens with one attached hydrogen (secondary N) is 1. The Labute approximate surface area is 203 Å². The van der Waals surface area contributed by atoms with Gasteiger partial charge in [0.05, 0.1) is 36.7 Å². The minimum Gasteiger partial charge on any atom is -0.379 e. The number of anilines is 3. The maximum atomic E-state index is 13.6. The number of aromatic nitrogens is 4. The molecule has 9 nitrogen and oxygen atoms in total. The lowest BCUT2D eigenvalue weighted by atomic mass is 10.1. The summed E-state index contributed by atoms with van der Waals surface area (Å²) in [4.78, 5) is 22.1. The molecule has 2 aliphatic rings. The number of rotatable bonds is 6. The SMILES string of the molecule is C[C@H]1COCCN1Cc1cc(Nc2nccc(-c3cnc(N4CC[C@H](F)C4)c(C#N)c3)n2)ccn1. The molecule has 180 valence electrons. The van der Waals surface area contributed by atoms with Crippen molar-refractivity contribution < 1.29 is 9.13 Å². The fourth-order valence-electron chi connectivity index (χ4n) is 4.40. The normalized spacial score (nSPS) is 20.5. The number of ether oxygens (including phenoxy) is 1. The second kappa shape index (κ2) is 10.3. The van der Waals surface area contributed by atoms with Crippen molar-refractivity contribution in [3.8, 4) is 17.3 Å². The van der Waals surface area contributed by atoms with Crippen molar-refractivity contribution in [3.63, 3.8) is 0 Å². The first-order valence-corrected chi connectivity index (χ1v) is 11.8. The van der Waals surface area contributed by atoms with Gasteiger partial charge in [0, 0.05) is 55.5 Å². The summed E-state index contributed by atoms with van der Waals surface area (Å²) in [6.45, 7) is 6.08. The van der Waals surface area contributed by atoms with Crippen molar-refractivity contribution in [3.05, 3.63) is 54.1 Å². The van der Waals surface area contributed by atoms with E-state index in [2.05, 4.69) is 43.1 Å². The van der Waals surface area contributed by atoms with Crippen LogP contribution in [0.4, 0.5) is 21.8 Å². The number of nitrogens with zero attached hydrogens (tertiary/aromatic N) is 7. The Morgan fingerprint density at radius 3 is 2.89 bits per heavy atom. The van der Waals surface area contributed by atoms with Crippen molar-refractivity contribution in [2.24, 2.45) is 0 Å². The van der Waals surface area contributed by atoms with Gasteiger partial charge in [-0.1, -0.05) is 0 Å². The fourth-order valence-corrected chi connectivity index (χ4v) is 4.40. The third-order valence-electron chi connectivity index (χ3n) is 6.31. The molecule has 0 bridgehead atoms. The van der Waals surface area contributed by atoms with E-state index in [1.165, 1.54) is 0 Å². The molecule has 35 heavy (non-hydrogen) atoms. The third kappa shape index (κ3) is 5.37. The third-order valence-corrected chi connectivity index (χ3v) is 6.31. The van der Waals surface area contributed by atoms with Gasteiger partial charge in [-0.15, -0.1) is 0 Å². The topological polar surface area (TPSA) is 103 Å². The summed E-state index contributed by atoms with van der Waals surface area (Å²) in [7, 11) is 0. The van der Waals surface area contributed by atoms with Crippen LogP contribution in [0.2, 0.25) is 0 Å². The summed E-state index contributed by atoms with van der Waals surface area (Å²) >= 11 is 0. The largest absolute Gasteiger partial charge is 0.379 e. The zero-order valence-corrected chi connectivity index (χ0v) is 19.6. The van der Waals surface area contributed by atoms with Gasteiger partial charge < -0.3 is 15.0 Å². The maximum Gasteiger partial charge on any atom is 0.227 e. The second-order valence-corrected chi connectivity index (χ2v) is 8.86. The predicted molar refractivity (Wildman–Crippen MR) is 130 cm³/mol. The van der Waals surface area contributed by atoms with Crippen LogP contribution in [-0.4, -0.2) is 69.9 Å². The molecule has 10 heteroatoms. The lowest BCUT2D eigenvalue weighted by Crippen LogP contribution is -2.43. The van der Waals surface area contributed by atoms with Crippen molar-refractivity contribution in [2.45, 2.75) is 32.1 Å². The molecule has 2 fully saturated rings. The minimum absolute atomic E-state index is 0.265. The van der Waals surface area contributed by atoms with Crippen LogP contribution >= 0.6 is 0 Å². The molecule has 5 heterocycles. The van der Waals surface area contributed by atoms with Gasteiger partial charge >= 0.3 is 0 Å². The molecule has 2 saturated heterocycles. The summed E-state index contributed by atoms with van der Waals surface area (Å²) in [5.41, 5.74) is 3.54. The van der Waals surface area contributed by atoms with Crippen LogP contribution < -0.4 is 10.2 Å². The summed E-state index contributed by atoms with van der Waals surface area (Å²) in [6.07, 6.45) is 4.68. The van der Waals surface area contributed by atoms with Gasteiger partial charge in [0.25, 0.3) is 0 Å². The molecule has 1 N–H and O–H groups in total. The van der Waals surface area contributed by atoms with Crippen molar-refractivity contribution in [1.82, 2.24) is 24.8 Å². The van der Waals surface area contributed by atoms with Gasteiger partial charge in [0.15, 0.2) is 0 Å². The van der Waals surface area contributed by atoms with E-state index >= 15 is 0 Å². The molecule has 0 aliphatic carbocycles. The Morgan fingerprint density at radius 2 is 2.09 bits per heavy atom. The highest BCUT2D eigenvalue weighted by Gasteiger charge is 2.25. The number of alkyl halides is 1. The molecule has 2 atom stereocenters. The highest BCUT2D eigenvalue weighted by atomic mass is 19.1. The van der Waals surface area contributed by atoms with E-state index in [-0.39, 0.29) is 6.54 Å². The van der Waals surface area contributed by atoms with Gasteiger partial charge in [-0.05, 0) is 37.6 Å². The molecule has 0 spiro atoms. The van der Waals surface area contributed by atoms with E-state index in [1.54, 1.807) is 30.7 Å². The summed E-state index contributed by atoms with van der Waals surface area (Å²) in [5, 5.41) is 12.9. The number of pyridine rings is 2. The van der Waals surface area contributed by atoms with E-state index in [9.17, 15) is 9.65 Å². The molecule has 0 unspecified atom stereocenters. The van der Waals surface area contributed by atoms with Gasteiger partial charge in [-0.3, -0.25) is 9.88 Å². The van der Waals surface area contributed by atoms with Gasteiger partial charge in [0.2, 0.25) is 5.95 Å². The lowest BCUT2D eigenvalue weighted by Gasteiger charge is -2.32. The van der Waals surface area contributed by atoms with Gasteiger partial charge in [0.1, 0.15) is 18.1 Å². The molecule has 3 aromatic rings. The first-order valence-electron chi connectivity index (χ1n) is 11.8. The lowest BCUT2D eigenvalue weighted by molar-refractivity contribution is -0.00489. The van der Waals surface area contributed by atoms with Gasteiger partial charge in [-0.25, -0.2) is 19.3 Å². The van der Waals surface area contributed by atoms with E-state index in [1.807, 2.05) is 17.0 Å². The van der Waals surface area contributed by atoms with E-state index < -0.39 is 6.17 Å². The molecule has 0 radical (unpaired) electrons. The van der Waals surface area contributed by atoms with Gasteiger partial charge in [-0.2, -0.15) is 5.26 Å². The van der Waals surface area contributed by atoms with Crippen LogP contribution in [0.5, 0.6) is 0 Å². The fraction of sp³-hybridized carbons (Fsp3) is 0.400. The van der Waals surface area contributed by atoms with E-state index in [0.29, 0.717) is 47.6 Å². The van der Waals surface area contributed by atoms with Crippen LogP contribution in [0.1, 0.15) is 24.6 Å². The summed E-state index contributed by atoms with van der Waals surface area (Å²) < 4.78 is 19.2. The standard InChI is InChI=1S/C25H27FN8O/c1-17-16-35-9-8-33(17)15-22-11-21(2-5-28-22)31-25-29-6-3-23(32-25)19-10-18(12-27)24(30-13-19)34-7-4-20(26)14-34/h2-3,5-6,10-11,13,17,20H,4,7-9,14-16H2,1H3,(H,28,29,31,32)/t17-,20-/m0/s1. The average molecular weight is 475 g/mol. The Kier molecular flexibility index (Phi) is 6.79. The first kappa shape index (κ1) is 23.1. The molecule has 0 amide bonds. The predicted octanol–water partition coefficient (Wildman–Crippen LogP) is 3.32. The average Bonchev–Trinajstić information content (AvgIpc) is 3.31. The highest BCUT2D eigenvalue weighted by Crippen LogP contribution is 2.27. The molecule has 5 rings (SSSR count). The number of hydrogen-bond donors (Lipinski definition) is 1. The minimum atomic E-state index is -0.885. The van der Waals surface area contributed by atoms with Crippen LogP contribution in [0, 0.1) is 11.3 Å². The number of morpholine rings is 1. The second-order valence-electron chi connectivity index (χ2n) is 8.86. The van der Waals surface area contributed by atoms with Crippen molar-refractivity contribution in [1.29, 1.82) is 5.26 Å². The van der Waals surface area contributed by atoms with E-state index in [0.717, 1.165) is 37.7 Å². The van der Waals surface area contributed by atoms with Crippen molar-refractivity contribution in [2.75, 3.05) is 43.1 Å². The van der Waals surface area contributed by atoms with E-state index in [4.69, 9.17) is 4.74 Å². The van der Waals surface area contributed by atoms with Crippen LogP contribution in [0.3, 0.4) is 0 Å². The van der Waals surface area contributed by atoms with Crippen molar-refractivity contribution >= 4 is 17.5 Å². The Bertz CT molecular complexity index is 1230. The highest BCUT2D eigenvalue weighted by molar-refractivity contribution is 5.67. The number of hydrogen-bond acceptors (Lipinski definition) is 9. The molecule has 0 saturated carbocycles. The summed E-state index contributed by atoms with van der Waals surface area (Å²) in [6, 6.07) is 9.93. The Hall–Kier alpha value is -3.68.